The molecule has 0 radical (unpaired) electrons. The van der Waals surface area contributed by atoms with Crippen LogP contribution in [0.15, 0.2) is 34.9 Å². The number of nitrogens with zero attached hydrogens (tertiary/aromatic N) is 1. The lowest BCUT2D eigenvalue weighted by molar-refractivity contribution is 0.0697. The average Bonchev–Trinajstić information content (AvgIpc) is 3.05. The number of hydrogen-bond donors (Lipinski definition) is 1. The molecular weight excluding hydrogens is 278 g/mol. The highest BCUT2D eigenvalue weighted by atomic mass is 16.4. The number of rotatable bonds is 7. The monoisotopic (exact) mass is 301 g/mol. The Kier molecular flexibility index (Phi) is 5.26. The van der Waals surface area contributed by atoms with Crippen LogP contribution in [-0.2, 0) is 6.42 Å². The molecule has 4 nitrogen and oxygen atoms in total. The van der Waals surface area contributed by atoms with Crippen molar-refractivity contribution in [1.29, 1.82) is 0 Å². The Morgan fingerprint density at radius 1 is 1.32 bits per heavy atom. The van der Waals surface area contributed by atoms with Gasteiger partial charge in [-0.2, -0.15) is 0 Å². The molecular formula is C18H23NO3. The first kappa shape index (κ1) is 16.1. The van der Waals surface area contributed by atoms with Crippen molar-refractivity contribution in [2.24, 2.45) is 0 Å². The van der Waals surface area contributed by atoms with Crippen molar-refractivity contribution in [2.45, 2.75) is 33.1 Å². The number of aromatic carboxylic acids is 1. The van der Waals surface area contributed by atoms with Crippen molar-refractivity contribution >= 4 is 11.7 Å². The zero-order valence-corrected chi connectivity index (χ0v) is 13.4. The second kappa shape index (κ2) is 7.16. The summed E-state index contributed by atoms with van der Waals surface area (Å²) in [4.78, 5) is 13.5. The molecule has 0 saturated heterocycles. The van der Waals surface area contributed by atoms with Gasteiger partial charge in [-0.1, -0.05) is 20.3 Å². The number of carboxylic acids is 1. The SMILES string of the molecule is CCCCN(C)c1cc(C(=O)O)cc(CC)c1-c1ccco1. The summed E-state index contributed by atoms with van der Waals surface area (Å²) in [5.74, 6) is -0.113. The van der Waals surface area contributed by atoms with Crippen LogP contribution in [-0.4, -0.2) is 24.7 Å². The van der Waals surface area contributed by atoms with E-state index in [2.05, 4.69) is 11.8 Å². The van der Waals surface area contributed by atoms with E-state index >= 15 is 0 Å². The van der Waals surface area contributed by atoms with E-state index in [1.807, 2.05) is 26.1 Å². The van der Waals surface area contributed by atoms with Crippen LogP contribution in [0.2, 0.25) is 0 Å². The molecule has 0 bridgehead atoms. The topological polar surface area (TPSA) is 53.7 Å². The molecule has 1 heterocycles. The summed E-state index contributed by atoms with van der Waals surface area (Å²) in [7, 11) is 2.00. The Labute approximate surface area is 131 Å². The van der Waals surface area contributed by atoms with Gasteiger partial charge in [0.05, 0.1) is 11.8 Å². The fourth-order valence-electron chi connectivity index (χ4n) is 2.61. The second-order valence-corrected chi connectivity index (χ2v) is 5.44. The van der Waals surface area contributed by atoms with Gasteiger partial charge in [0.25, 0.3) is 0 Å². The smallest absolute Gasteiger partial charge is 0.335 e. The minimum Gasteiger partial charge on any atom is -0.478 e. The fraction of sp³-hybridized carbons (Fsp3) is 0.389. The summed E-state index contributed by atoms with van der Waals surface area (Å²) < 4.78 is 5.58. The maximum atomic E-state index is 11.4. The van der Waals surface area contributed by atoms with Gasteiger partial charge in [0.2, 0.25) is 0 Å². The van der Waals surface area contributed by atoms with E-state index in [-0.39, 0.29) is 0 Å². The van der Waals surface area contributed by atoms with Crippen LogP contribution >= 0.6 is 0 Å². The quantitative estimate of drug-likeness (QED) is 0.821. The number of unbranched alkanes of at least 4 members (excludes halogenated alkanes) is 1. The number of benzene rings is 1. The number of aryl methyl sites for hydroxylation is 1. The predicted octanol–water partition coefficient (Wildman–Crippen LogP) is 4.44. The van der Waals surface area contributed by atoms with Gasteiger partial charge in [0.1, 0.15) is 5.76 Å². The molecule has 118 valence electrons. The Morgan fingerprint density at radius 2 is 2.09 bits per heavy atom. The Morgan fingerprint density at radius 3 is 2.64 bits per heavy atom. The lowest BCUT2D eigenvalue weighted by Gasteiger charge is -2.24. The fourth-order valence-corrected chi connectivity index (χ4v) is 2.61. The van der Waals surface area contributed by atoms with E-state index in [1.165, 1.54) is 0 Å². The van der Waals surface area contributed by atoms with Gasteiger partial charge in [-0.05, 0) is 42.7 Å². The molecule has 2 aromatic rings. The molecule has 0 saturated carbocycles. The lowest BCUT2D eigenvalue weighted by atomic mass is 9.97. The maximum absolute atomic E-state index is 11.4. The van der Waals surface area contributed by atoms with Gasteiger partial charge in [-0.25, -0.2) is 4.79 Å². The number of carbonyl (C=O) groups is 1. The number of furan rings is 1. The van der Waals surface area contributed by atoms with Gasteiger partial charge in [0, 0.05) is 24.8 Å². The van der Waals surface area contributed by atoms with Gasteiger partial charge in [0.15, 0.2) is 0 Å². The van der Waals surface area contributed by atoms with Gasteiger partial charge in [-0.3, -0.25) is 0 Å². The van der Waals surface area contributed by atoms with Crippen LogP contribution in [0.5, 0.6) is 0 Å². The molecule has 1 aromatic heterocycles. The standard InChI is InChI=1S/C18H23NO3/c1-4-6-9-19(3)15-12-14(18(20)21)11-13(5-2)17(15)16-8-7-10-22-16/h7-8,10-12H,4-6,9H2,1-3H3,(H,20,21). The summed E-state index contributed by atoms with van der Waals surface area (Å²) in [5.41, 5.74) is 3.23. The van der Waals surface area contributed by atoms with E-state index in [0.29, 0.717) is 5.56 Å². The summed E-state index contributed by atoms with van der Waals surface area (Å²) in [5, 5.41) is 9.37. The largest absolute Gasteiger partial charge is 0.478 e. The number of anilines is 1. The second-order valence-electron chi connectivity index (χ2n) is 5.44. The molecule has 22 heavy (non-hydrogen) atoms. The minimum absolute atomic E-state index is 0.325. The first-order valence-electron chi connectivity index (χ1n) is 7.73. The van der Waals surface area contributed by atoms with Crippen molar-refractivity contribution in [3.63, 3.8) is 0 Å². The van der Waals surface area contributed by atoms with Crippen molar-refractivity contribution < 1.29 is 14.3 Å². The summed E-state index contributed by atoms with van der Waals surface area (Å²) in [6.07, 6.45) is 4.56. The molecule has 0 amide bonds. The first-order valence-corrected chi connectivity index (χ1v) is 7.73. The van der Waals surface area contributed by atoms with Crippen molar-refractivity contribution in [2.75, 3.05) is 18.5 Å². The van der Waals surface area contributed by atoms with E-state index in [4.69, 9.17) is 4.42 Å². The highest BCUT2D eigenvalue weighted by Crippen LogP contribution is 2.36. The summed E-state index contributed by atoms with van der Waals surface area (Å²) in [6, 6.07) is 7.27. The summed E-state index contributed by atoms with van der Waals surface area (Å²) in [6.45, 7) is 5.06. The number of hydrogen-bond acceptors (Lipinski definition) is 3. The zero-order chi connectivity index (χ0) is 16.1. The minimum atomic E-state index is -0.897. The molecule has 1 N–H and O–H groups in total. The van der Waals surface area contributed by atoms with Crippen LogP contribution in [0.3, 0.4) is 0 Å². The maximum Gasteiger partial charge on any atom is 0.335 e. The zero-order valence-electron chi connectivity index (χ0n) is 13.4. The molecule has 0 aliphatic heterocycles. The van der Waals surface area contributed by atoms with Crippen molar-refractivity contribution in [3.05, 3.63) is 41.7 Å². The van der Waals surface area contributed by atoms with Gasteiger partial charge < -0.3 is 14.4 Å². The number of carboxylic acid groups (broad SMARTS) is 1. The molecule has 0 fully saturated rings. The lowest BCUT2D eigenvalue weighted by Crippen LogP contribution is -2.20. The molecule has 0 spiro atoms. The molecule has 0 aliphatic carbocycles. The first-order chi connectivity index (χ1) is 10.6. The molecule has 0 unspecified atom stereocenters. The van der Waals surface area contributed by atoms with Crippen LogP contribution < -0.4 is 4.90 Å². The average molecular weight is 301 g/mol. The highest BCUT2D eigenvalue weighted by Gasteiger charge is 2.19. The van der Waals surface area contributed by atoms with Gasteiger partial charge >= 0.3 is 5.97 Å². The van der Waals surface area contributed by atoms with Crippen LogP contribution in [0.25, 0.3) is 11.3 Å². The Bertz CT molecular complexity index is 632. The predicted molar refractivity (Wildman–Crippen MR) is 88.7 cm³/mol. The normalized spacial score (nSPS) is 10.7. The molecule has 1 aromatic carbocycles. The third-order valence-corrected chi connectivity index (χ3v) is 3.85. The van der Waals surface area contributed by atoms with E-state index in [0.717, 1.165) is 48.4 Å². The third-order valence-electron chi connectivity index (χ3n) is 3.85. The van der Waals surface area contributed by atoms with Crippen LogP contribution in [0.1, 0.15) is 42.6 Å². The van der Waals surface area contributed by atoms with Crippen LogP contribution in [0, 0.1) is 0 Å². The van der Waals surface area contributed by atoms with Crippen molar-refractivity contribution in [1.82, 2.24) is 0 Å². The molecule has 0 aliphatic rings. The summed E-state index contributed by atoms with van der Waals surface area (Å²) >= 11 is 0. The molecule has 0 atom stereocenters. The Hall–Kier alpha value is -2.23. The van der Waals surface area contributed by atoms with Gasteiger partial charge in [-0.15, -0.1) is 0 Å². The third kappa shape index (κ3) is 3.32. The van der Waals surface area contributed by atoms with Crippen LogP contribution in [0.4, 0.5) is 5.69 Å². The van der Waals surface area contributed by atoms with E-state index in [9.17, 15) is 9.90 Å². The van der Waals surface area contributed by atoms with Crippen molar-refractivity contribution in [3.8, 4) is 11.3 Å². The van der Waals surface area contributed by atoms with E-state index < -0.39 is 5.97 Å². The molecule has 2 rings (SSSR count). The highest BCUT2D eigenvalue weighted by molar-refractivity contribution is 5.92. The molecule has 4 heteroatoms. The van der Waals surface area contributed by atoms with E-state index in [1.54, 1.807) is 18.4 Å². The Balaban J connectivity index is 2.59.